The van der Waals surface area contributed by atoms with E-state index in [0.29, 0.717) is 42.4 Å². The lowest BCUT2D eigenvalue weighted by Crippen LogP contribution is -2.48. The van der Waals surface area contributed by atoms with E-state index in [2.05, 4.69) is 36.1 Å². The Kier molecular flexibility index (Phi) is 5.53. The summed E-state index contributed by atoms with van der Waals surface area (Å²) in [5.74, 6) is 0.668. The number of sulfonamides is 1. The third-order valence-corrected chi connectivity index (χ3v) is 7.01. The summed E-state index contributed by atoms with van der Waals surface area (Å²) in [5.41, 5.74) is 3.17. The maximum absolute atomic E-state index is 13.0. The standard InChI is InChI=1S/C20H26N2O3S/c1-4-17-5-7-18(8-6-17)21-11-13-22(14-12-21)26(23,24)20-10-9-19(25-3)15-16(20)2/h5-10,15H,4,11-14H2,1-3H3. The second-order valence-corrected chi connectivity index (χ2v) is 8.45. The van der Waals surface area contributed by atoms with Gasteiger partial charge in [0, 0.05) is 31.9 Å². The van der Waals surface area contributed by atoms with Gasteiger partial charge in [-0.05, 0) is 54.8 Å². The normalized spacial score (nSPS) is 15.9. The highest BCUT2D eigenvalue weighted by Crippen LogP contribution is 2.26. The first-order valence-electron chi connectivity index (χ1n) is 8.94. The molecule has 0 unspecified atom stereocenters. The minimum absolute atomic E-state index is 0.360. The molecule has 2 aromatic carbocycles. The van der Waals surface area contributed by atoms with Gasteiger partial charge >= 0.3 is 0 Å². The van der Waals surface area contributed by atoms with Crippen LogP contribution in [0.3, 0.4) is 0 Å². The minimum atomic E-state index is -3.48. The molecule has 1 aliphatic rings. The van der Waals surface area contributed by atoms with Gasteiger partial charge < -0.3 is 9.64 Å². The zero-order valence-corrected chi connectivity index (χ0v) is 16.4. The van der Waals surface area contributed by atoms with Gasteiger partial charge in [-0.3, -0.25) is 0 Å². The maximum atomic E-state index is 13.0. The molecule has 0 N–H and O–H groups in total. The molecule has 0 atom stereocenters. The zero-order valence-electron chi connectivity index (χ0n) is 15.6. The van der Waals surface area contributed by atoms with Gasteiger partial charge in [-0.15, -0.1) is 0 Å². The average Bonchev–Trinajstić information content (AvgIpc) is 2.67. The summed E-state index contributed by atoms with van der Waals surface area (Å²) in [6.45, 7) is 6.31. The van der Waals surface area contributed by atoms with Crippen LogP contribution in [-0.4, -0.2) is 46.0 Å². The smallest absolute Gasteiger partial charge is 0.243 e. The Balaban J connectivity index is 1.72. The number of rotatable bonds is 5. The third-order valence-electron chi connectivity index (χ3n) is 4.95. The van der Waals surface area contributed by atoms with Gasteiger partial charge in [0.1, 0.15) is 5.75 Å². The number of aryl methyl sites for hydroxylation is 2. The van der Waals surface area contributed by atoms with Crippen molar-refractivity contribution in [2.24, 2.45) is 0 Å². The zero-order chi connectivity index (χ0) is 18.7. The third kappa shape index (κ3) is 3.71. The van der Waals surface area contributed by atoms with Crippen LogP contribution in [0.15, 0.2) is 47.4 Å². The van der Waals surface area contributed by atoms with Crippen LogP contribution in [-0.2, 0) is 16.4 Å². The predicted octanol–water partition coefficient (Wildman–Crippen LogP) is 3.08. The summed E-state index contributed by atoms with van der Waals surface area (Å²) in [6, 6.07) is 13.6. The topological polar surface area (TPSA) is 49.9 Å². The van der Waals surface area contributed by atoms with Crippen molar-refractivity contribution in [1.29, 1.82) is 0 Å². The van der Waals surface area contributed by atoms with Gasteiger partial charge in [-0.1, -0.05) is 19.1 Å². The van der Waals surface area contributed by atoms with E-state index in [0.717, 1.165) is 12.1 Å². The molecule has 0 bridgehead atoms. The van der Waals surface area contributed by atoms with Crippen molar-refractivity contribution in [3.63, 3.8) is 0 Å². The molecule has 1 aliphatic heterocycles. The molecule has 1 fully saturated rings. The Morgan fingerprint density at radius 2 is 1.65 bits per heavy atom. The largest absolute Gasteiger partial charge is 0.497 e. The first kappa shape index (κ1) is 18.7. The molecule has 1 saturated heterocycles. The first-order valence-corrected chi connectivity index (χ1v) is 10.4. The van der Waals surface area contributed by atoms with Crippen LogP contribution in [0, 0.1) is 6.92 Å². The molecule has 0 amide bonds. The highest BCUT2D eigenvalue weighted by atomic mass is 32.2. The second kappa shape index (κ2) is 7.68. The molecule has 26 heavy (non-hydrogen) atoms. The molecule has 0 aromatic heterocycles. The molecule has 0 radical (unpaired) electrons. The molecular weight excluding hydrogens is 348 g/mol. The maximum Gasteiger partial charge on any atom is 0.243 e. The Bertz CT molecular complexity index is 855. The summed E-state index contributed by atoms with van der Waals surface area (Å²) in [4.78, 5) is 2.60. The van der Waals surface area contributed by atoms with Crippen LogP contribution >= 0.6 is 0 Å². The van der Waals surface area contributed by atoms with E-state index in [1.54, 1.807) is 36.5 Å². The minimum Gasteiger partial charge on any atom is -0.497 e. The van der Waals surface area contributed by atoms with E-state index >= 15 is 0 Å². The first-order chi connectivity index (χ1) is 12.5. The summed E-state index contributed by atoms with van der Waals surface area (Å²) in [7, 11) is -1.90. The average molecular weight is 375 g/mol. The van der Waals surface area contributed by atoms with E-state index < -0.39 is 10.0 Å². The van der Waals surface area contributed by atoms with Crippen molar-refractivity contribution in [2.45, 2.75) is 25.2 Å². The quantitative estimate of drug-likeness (QED) is 0.807. The second-order valence-electron chi connectivity index (χ2n) is 6.54. The number of hydrogen-bond donors (Lipinski definition) is 0. The highest BCUT2D eigenvalue weighted by Gasteiger charge is 2.29. The van der Waals surface area contributed by atoms with Crippen LogP contribution < -0.4 is 9.64 Å². The van der Waals surface area contributed by atoms with Gasteiger partial charge in [0.15, 0.2) is 0 Å². The van der Waals surface area contributed by atoms with E-state index in [4.69, 9.17) is 4.74 Å². The summed E-state index contributed by atoms with van der Waals surface area (Å²) < 4.78 is 32.8. The van der Waals surface area contributed by atoms with E-state index in [1.165, 1.54) is 5.56 Å². The number of ether oxygens (including phenoxy) is 1. The highest BCUT2D eigenvalue weighted by molar-refractivity contribution is 7.89. The molecule has 6 heteroatoms. The Labute approximate surface area is 156 Å². The number of anilines is 1. The van der Waals surface area contributed by atoms with Gasteiger partial charge in [-0.25, -0.2) is 8.42 Å². The lowest BCUT2D eigenvalue weighted by Gasteiger charge is -2.35. The van der Waals surface area contributed by atoms with Crippen LogP contribution in [0.2, 0.25) is 0 Å². The lowest BCUT2D eigenvalue weighted by molar-refractivity contribution is 0.384. The summed E-state index contributed by atoms with van der Waals surface area (Å²) in [6.07, 6.45) is 1.02. The van der Waals surface area contributed by atoms with Gasteiger partial charge in [0.25, 0.3) is 0 Å². The molecule has 0 spiro atoms. The molecule has 5 nitrogen and oxygen atoms in total. The van der Waals surface area contributed by atoms with Gasteiger partial charge in [0.2, 0.25) is 10.0 Å². The Hall–Kier alpha value is -2.05. The van der Waals surface area contributed by atoms with Gasteiger partial charge in [-0.2, -0.15) is 4.31 Å². The van der Waals surface area contributed by atoms with Crippen molar-refractivity contribution in [2.75, 3.05) is 38.2 Å². The molecule has 1 heterocycles. The van der Waals surface area contributed by atoms with Crippen molar-refractivity contribution in [1.82, 2.24) is 4.31 Å². The summed E-state index contributed by atoms with van der Waals surface area (Å²) in [5, 5.41) is 0. The number of hydrogen-bond acceptors (Lipinski definition) is 4. The van der Waals surface area contributed by atoms with Crippen LogP contribution in [0.4, 0.5) is 5.69 Å². The van der Waals surface area contributed by atoms with E-state index in [1.807, 2.05) is 0 Å². The van der Waals surface area contributed by atoms with Gasteiger partial charge in [0.05, 0.1) is 12.0 Å². The fraction of sp³-hybridized carbons (Fsp3) is 0.400. The fourth-order valence-corrected chi connectivity index (χ4v) is 4.93. The number of methoxy groups -OCH3 is 1. The lowest BCUT2D eigenvalue weighted by atomic mass is 10.1. The number of nitrogens with zero attached hydrogens (tertiary/aromatic N) is 2. The molecule has 2 aromatic rings. The molecule has 3 rings (SSSR count). The van der Waals surface area contributed by atoms with E-state index in [9.17, 15) is 8.42 Å². The van der Waals surface area contributed by atoms with E-state index in [-0.39, 0.29) is 0 Å². The monoisotopic (exact) mass is 374 g/mol. The molecule has 0 saturated carbocycles. The molecular formula is C20H26N2O3S. The number of piperazine rings is 1. The summed E-state index contributed by atoms with van der Waals surface area (Å²) >= 11 is 0. The van der Waals surface area contributed by atoms with Crippen LogP contribution in [0.5, 0.6) is 5.75 Å². The Morgan fingerprint density at radius 1 is 1.00 bits per heavy atom. The number of benzene rings is 2. The molecule has 140 valence electrons. The van der Waals surface area contributed by atoms with Crippen molar-refractivity contribution >= 4 is 15.7 Å². The fourth-order valence-electron chi connectivity index (χ4n) is 3.31. The predicted molar refractivity (Wildman–Crippen MR) is 105 cm³/mol. The Morgan fingerprint density at radius 3 is 2.19 bits per heavy atom. The molecule has 0 aliphatic carbocycles. The van der Waals surface area contributed by atoms with Crippen molar-refractivity contribution in [3.05, 3.63) is 53.6 Å². The van der Waals surface area contributed by atoms with Crippen molar-refractivity contribution < 1.29 is 13.2 Å². The van der Waals surface area contributed by atoms with Crippen molar-refractivity contribution in [3.8, 4) is 5.75 Å². The van der Waals surface area contributed by atoms with Crippen LogP contribution in [0.1, 0.15) is 18.1 Å². The van der Waals surface area contributed by atoms with Crippen LogP contribution in [0.25, 0.3) is 0 Å². The SMILES string of the molecule is CCc1ccc(N2CCN(S(=O)(=O)c3ccc(OC)cc3C)CC2)cc1.